The first kappa shape index (κ1) is 13.8. The Balaban J connectivity index is 1.86. The second kappa shape index (κ2) is 5.33. The molecule has 0 aliphatic heterocycles. The molecule has 1 aromatic heterocycles. The predicted molar refractivity (Wildman–Crippen MR) is 73.2 cm³/mol. The number of thiazole rings is 1. The topological polar surface area (TPSA) is 24.9 Å². The maximum atomic E-state index is 13.5. The van der Waals surface area contributed by atoms with Crippen molar-refractivity contribution in [2.24, 2.45) is 0 Å². The Hall–Kier alpha value is -2.15. The molecule has 0 bridgehead atoms. The maximum absolute atomic E-state index is 13.5. The Morgan fingerprint density at radius 1 is 1.00 bits per heavy atom. The van der Waals surface area contributed by atoms with E-state index >= 15 is 0 Å². The maximum Gasteiger partial charge on any atom is 0.186 e. The molecule has 0 aliphatic carbocycles. The lowest BCUT2D eigenvalue weighted by atomic mass is 10.3. The number of rotatable bonds is 3. The van der Waals surface area contributed by atoms with Crippen LogP contribution in [0.25, 0.3) is 10.2 Å². The number of anilines is 1. The molecule has 0 radical (unpaired) electrons. The summed E-state index contributed by atoms with van der Waals surface area (Å²) in [4.78, 5) is 3.89. The van der Waals surface area contributed by atoms with E-state index < -0.39 is 17.5 Å². The predicted octanol–water partition coefficient (Wildman–Crippen LogP) is 4.46. The summed E-state index contributed by atoms with van der Waals surface area (Å²) in [6.45, 7) is 0.200. The number of hydrogen-bond acceptors (Lipinski definition) is 3. The van der Waals surface area contributed by atoms with Gasteiger partial charge in [0.05, 0.1) is 11.2 Å². The van der Waals surface area contributed by atoms with Crippen molar-refractivity contribution in [3.05, 3.63) is 58.6 Å². The molecule has 3 aromatic rings. The Kier molecular flexibility index (Phi) is 3.50. The van der Waals surface area contributed by atoms with Crippen LogP contribution >= 0.6 is 11.3 Å². The van der Waals surface area contributed by atoms with Gasteiger partial charge in [0.25, 0.3) is 0 Å². The van der Waals surface area contributed by atoms with Crippen molar-refractivity contribution >= 4 is 27.2 Å². The zero-order valence-electron chi connectivity index (χ0n) is 10.5. The molecule has 2 nitrogen and oxygen atoms in total. The van der Waals surface area contributed by atoms with E-state index in [0.717, 1.165) is 11.3 Å². The van der Waals surface area contributed by atoms with Crippen molar-refractivity contribution in [3.8, 4) is 0 Å². The average Bonchev–Trinajstić information content (AvgIpc) is 2.89. The largest absolute Gasteiger partial charge is 0.379 e. The van der Waals surface area contributed by atoms with Crippen LogP contribution in [-0.2, 0) is 6.54 Å². The molecule has 0 atom stereocenters. The fourth-order valence-electron chi connectivity index (χ4n) is 1.85. The first-order chi connectivity index (χ1) is 10.0. The zero-order valence-corrected chi connectivity index (χ0v) is 11.3. The molecular weight excluding hydrogens is 304 g/mol. The van der Waals surface area contributed by atoms with Gasteiger partial charge in [-0.25, -0.2) is 22.5 Å². The van der Waals surface area contributed by atoms with Crippen LogP contribution in [0.4, 0.5) is 23.2 Å². The van der Waals surface area contributed by atoms with Crippen molar-refractivity contribution in [1.29, 1.82) is 0 Å². The number of halogens is 4. The minimum absolute atomic E-state index is 0.0233. The van der Waals surface area contributed by atoms with E-state index in [-0.39, 0.29) is 22.6 Å². The van der Waals surface area contributed by atoms with Crippen molar-refractivity contribution in [1.82, 2.24) is 4.98 Å². The fraction of sp³-hybridized carbons (Fsp3) is 0.0714. The highest BCUT2D eigenvalue weighted by molar-refractivity contribution is 7.18. The second-order valence-electron chi connectivity index (χ2n) is 4.30. The van der Waals surface area contributed by atoms with Crippen molar-refractivity contribution in [3.63, 3.8) is 0 Å². The van der Waals surface area contributed by atoms with E-state index in [1.165, 1.54) is 24.3 Å². The number of nitrogens with zero attached hydrogens (tertiary/aromatic N) is 1. The summed E-state index contributed by atoms with van der Waals surface area (Å²) >= 11 is 0.940. The molecule has 3 rings (SSSR count). The molecular formula is C14H8F4N2S. The van der Waals surface area contributed by atoms with Gasteiger partial charge in [-0.2, -0.15) is 0 Å². The van der Waals surface area contributed by atoms with Crippen LogP contribution in [-0.4, -0.2) is 4.98 Å². The molecule has 0 unspecified atom stereocenters. The SMILES string of the molecule is Fc1ccc(NCc2nc3c(F)c(F)cc(F)c3s2)cc1. The number of fused-ring (bicyclic) bond motifs is 1. The average molecular weight is 312 g/mol. The van der Waals surface area contributed by atoms with Crippen LogP contribution in [0.5, 0.6) is 0 Å². The van der Waals surface area contributed by atoms with Crippen molar-refractivity contribution < 1.29 is 17.6 Å². The molecule has 7 heteroatoms. The molecule has 21 heavy (non-hydrogen) atoms. The summed E-state index contributed by atoms with van der Waals surface area (Å²) < 4.78 is 52.9. The summed E-state index contributed by atoms with van der Waals surface area (Å²) in [6.07, 6.45) is 0. The quantitative estimate of drug-likeness (QED) is 0.570. The number of aromatic nitrogens is 1. The van der Waals surface area contributed by atoms with Crippen molar-refractivity contribution in [2.45, 2.75) is 6.54 Å². The van der Waals surface area contributed by atoms with E-state index in [9.17, 15) is 17.6 Å². The Morgan fingerprint density at radius 3 is 2.43 bits per heavy atom. The van der Waals surface area contributed by atoms with E-state index in [2.05, 4.69) is 10.3 Å². The van der Waals surface area contributed by atoms with Crippen LogP contribution in [0.1, 0.15) is 5.01 Å². The Bertz CT molecular complexity index is 799. The molecule has 1 heterocycles. The fourth-order valence-corrected chi connectivity index (χ4v) is 2.75. The van der Waals surface area contributed by atoms with Gasteiger partial charge in [0.15, 0.2) is 11.6 Å². The number of benzene rings is 2. The van der Waals surface area contributed by atoms with Crippen LogP contribution in [0.15, 0.2) is 30.3 Å². The van der Waals surface area contributed by atoms with Gasteiger partial charge in [-0.05, 0) is 24.3 Å². The number of nitrogens with one attached hydrogen (secondary N) is 1. The molecule has 1 N–H and O–H groups in total. The van der Waals surface area contributed by atoms with Gasteiger partial charge in [-0.3, -0.25) is 0 Å². The van der Waals surface area contributed by atoms with Crippen LogP contribution < -0.4 is 5.32 Å². The summed E-state index contributed by atoms with van der Waals surface area (Å²) in [7, 11) is 0. The minimum atomic E-state index is -1.26. The highest BCUT2D eigenvalue weighted by Crippen LogP contribution is 2.29. The lowest BCUT2D eigenvalue weighted by Crippen LogP contribution is -1.98. The molecule has 0 aliphatic rings. The summed E-state index contributed by atoms with van der Waals surface area (Å²) in [5.41, 5.74) is 0.330. The van der Waals surface area contributed by atoms with E-state index in [0.29, 0.717) is 16.8 Å². The first-order valence-electron chi connectivity index (χ1n) is 5.97. The summed E-state index contributed by atoms with van der Waals surface area (Å²) in [6, 6.07) is 6.14. The molecule has 0 saturated heterocycles. The summed E-state index contributed by atoms with van der Waals surface area (Å²) in [5.74, 6) is -3.62. The van der Waals surface area contributed by atoms with Crippen LogP contribution in [0.3, 0.4) is 0 Å². The molecule has 108 valence electrons. The third-order valence-electron chi connectivity index (χ3n) is 2.85. The highest BCUT2D eigenvalue weighted by Gasteiger charge is 2.17. The standard InChI is InChI=1S/C14H8F4N2S/c15-7-1-3-8(4-2-7)19-6-11-20-13-12(18)9(16)5-10(17)14(13)21-11/h1-5,19H,6H2. The van der Waals surface area contributed by atoms with Gasteiger partial charge in [0.1, 0.15) is 22.2 Å². The normalized spacial score (nSPS) is 11.0. The van der Waals surface area contributed by atoms with Gasteiger partial charge in [0, 0.05) is 11.8 Å². The lowest BCUT2D eigenvalue weighted by Gasteiger charge is -2.03. The molecule has 0 spiro atoms. The van der Waals surface area contributed by atoms with Gasteiger partial charge in [0.2, 0.25) is 0 Å². The smallest absolute Gasteiger partial charge is 0.186 e. The zero-order chi connectivity index (χ0) is 15.0. The molecule has 2 aromatic carbocycles. The number of hydrogen-bond donors (Lipinski definition) is 1. The Morgan fingerprint density at radius 2 is 1.71 bits per heavy atom. The van der Waals surface area contributed by atoms with Gasteiger partial charge in [-0.1, -0.05) is 0 Å². The third kappa shape index (κ3) is 2.69. The first-order valence-corrected chi connectivity index (χ1v) is 6.78. The Labute approximate surface area is 121 Å². The van der Waals surface area contributed by atoms with Crippen LogP contribution in [0.2, 0.25) is 0 Å². The molecule has 0 amide bonds. The lowest BCUT2D eigenvalue weighted by molar-refractivity contribution is 0.504. The monoisotopic (exact) mass is 312 g/mol. The molecule has 0 saturated carbocycles. The van der Waals surface area contributed by atoms with E-state index in [1.54, 1.807) is 0 Å². The van der Waals surface area contributed by atoms with Gasteiger partial charge < -0.3 is 5.32 Å². The second-order valence-corrected chi connectivity index (χ2v) is 5.38. The summed E-state index contributed by atoms with van der Waals surface area (Å²) in [5, 5.41) is 3.35. The molecule has 0 fully saturated rings. The third-order valence-corrected chi connectivity index (χ3v) is 3.91. The van der Waals surface area contributed by atoms with E-state index in [4.69, 9.17) is 0 Å². The minimum Gasteiger partial charge on any atom is -0.379 e. The van der Waals surface area contributed by atoms with Crippen molar-refractivity contribution in [2.75, 3.05) is 5.32 Å². The highest BCUT2D eigenvalue weighted by atomic mass is 32.1. The van der Waals surface area contributed by atoms with Gasteiger partial charge >= 0.3 is 0 Å². The van der Waals surface area contributed by atoms with E-state index in [1.807, 2.05) is 0 Å². The van der Waals surface area contributed by atoms with Crippen LogP contribution in [0, 0.1) is 23.3 Å². The van der Waals surface area contributed by atoms with Gasteiger partial charge in [-0.15, -0.1) is 11.3 Å².